The SMILES string of the molecule is O=CNc1ccc(NC2=CCCC=C2)cc1. The fraction of sp³-hybridized carbons (Fsp3) is 0.154. The topological polar surface area (TPSA) is 41.1 Å². The van der Waals surface area contributed by atoms with Gasteiger partial charge in [-0.2, -0.15) is 0 Å². The normalized spacial score (nSPS) is 14.1. The maximum Gasteiger partial charge on any atom is 0.211 e. The van der Waals surface area contributed by atoms with E-state index in [1.165, 1.54) is 0 Å². The molecule has 1 aliphatic carbocycles. The van der Waals surface area contributed by atoms with Crippen LogP contribution in [-0.4, -0.2) is 6.41 Å². The number of allylic oxidation sites excluding steroid dienone is 3. The van der Waals surface area contributed by atoms with Gasteiger partial charge in [-0.25, -0.2) is 0 Å². The lowest BCUT2D eigenvalue weighted by atomic mass is 10.1. The Morgan fingerprint density at radius 3 is 2.44 bits per heavy atom. The van der Waals surface area contributed by atoms with Gasteiger partial charge in [0.2, 0.25) is 6.41 Å². The minimum Gasteiger partial charge on any atom is -0.356 e. The van der Waals surface area contributed by atoms with Gasteiger partial charge in [-0.15, -0.1) is 0 Å². The van der Waals surface area contributed by atoms with Gasteiger partial charge in [0.1, 0.15) is 0 Å². The van der Waals surface area contributed by atoms with Crippen LogP contribution in [-0.2, 0) is 4.79 Å². The average molecular weight is 214 g/mol. The van der Waals surface area contributed by atoms with E-state index in [0.29, 0.717) is 6.41 Å². The smallest absolute Gasteiger partial charge is 0.211 e. The Kier molecular flexibility index (Phi) is 3.38. The second-order valence-corrected chi connectivity index (χ2v) is 3.60. The highest BCUT2D eigenvalue weighted by Gasteiger charge is 1.98. The van der Waals surface area contributed by atoms with Crippen molar-refractivity contribution in [2.75, 3.05) is 10.6 Å². The number of amides is 1. The Hall–Kier alpha value is -2.03. The summed E-state index contributed by atoms with van der Waals surface area (Å²) in [6.07, 6.45) is 9.30. The third-order valence-electron chi connectivity index (χ3n) is 2.39. The lowest BCUT2D eigenvalue weighted by Gasteiger charge is -2.10. The van der Waals surface area contributed by atoms with Crippen molar-refractivity contribution in [3.63, 3.8) is 0 Å². The molecule has 2 N–H and O–H groups in total. The summed E-state index contributed by atoms with van der Waals surface area (Å²) in [7, 11) is 0. The fourth-order valence-electron chi connectivity index (χ4n) is 1.59. The molecule has 1 aromatic carbocycles. The lowest BCUT2D eigenvalue weighted by Crippen LogP contribution is -1.99. The lowest BCUT2D eigenvalue weighted by molar-refractivity contribution is -0.105. The quantitative estimate of drug-likeness (QED) is 0.757. The van der Waals surface area contributed by atoms with Crippen LogP contribution in [0, 0.1) is 0 Å². The zero-order valence-electron chi connectivity index (χ0n) is 8.94. The van der Waals surface area contributed by atoms with Crippen LogP contribution in [0.1, 0.15) is 12.8 Å². The van der Waals surface area contributed by atoms with Crippen molar-refractivity contribution in [2.45, 2.75) is 12.8 Å². The molecule has 0 aromatic heterocycles. The van der Waals surface area contributed by atoms with Crippen LogP contribution in [0.25, 0.3) is 0 Å². The third-order valence-corrected chi connectivity index (χ3v) is 2.39. The molecule has 0 aliphatic heterocycles. The van der Waals surface area contributed by atoms with Gasteiger partial charge in [-0.05, 0) is 43.2 Å². The molecule has 0 saturated heterocycles. The van der Waals surface area contributed by atoms with E-state index >= 15 is 0 Å². The van der Waals surface area contributed by atoms with E-state index in [1.807, 2.05) is 24.3 Å². The fourth-order valence-corrected chi connectivity index (χ4v) is 1.59. The Morgan fingerprint density at radius 1 is 1.06 bits per heavy atom. The Morgan fingerprint density at radius 2 is 1.81 bits per heavy atom. The zero-order chi connectivity index (χ0) is 11.2. The van der Waals surface area contributed by atoms with Crippen LogP contribution in [0.4, 0.5) is 11.4 Å². The summed E-state index contributed by atoms with van der Waals surface area (Å²) in [5.74, 6) is 0. The summed E-state index contributed by atoms with van der Waals surface area (Å²) in [5, 5.41) is 5.91. The van der Waals surface area contributed by atoms with Crippen molar-refractivity contribution < 1.29 is 4.79 Å². The largest absolute Gasteiger partial charge is 0.356 e. The first-order valence-corrected chi connectivity index (χ1v) is 5.32. The molecule has 0 spiro atoms. The molecule has 1 aliphatic rings. The molecular weight excluding hydrogens is 200 g/mol. The minimum absolute atomic E-state index is 0.675. The Balaban J connectivity index is 2.02. The van der Waals surface area contributed by atoms with Gasteiger partial charge in [0.05, 0.1) is 0 Å². The van der Waals surface area contributed by atoms with Crippen molar-refractivity contribution in [2.24, 2.45) is 0 Å². The van der Waals surface area contributed by atoms with Crippen molar-refractivity contribution in [3.8, 4) is 0 Å². The van der Waals surface area contributed by atoms with Gasteiger partial charge in [0.25, 0.3) is 0 Å². The molecule has 82 valence electrons. The minimum atomic E-state index is 0.675. The number of rotatable bonds is 4. The highest BCUT2D eigenvalue weighted by Crippen LogP contribution is 2.17. The van der Waals surface area contributed by atoms with Crippen LogP contribution in [0.3, 0.4) is 0 Å². The number of nitrogens with one attached hydrogen (secondary N) is 2. The van der Waals surface area contributed by atoms with E-state index in [0.717, 1.165) is 29.9 Å². The molecule has 1 aromatic rings. The Labute approximate surface area is 94.9 Å². The molecule has 0 unspecified atom stereocenters. The van der Waals surface area contributed by atoms with Gasteiger partial charge in [-0.3, -0.25) is 4.79 Å². The van der Waals surface area contributed by atoms with Crippen molar-refractivity contribution in [1.29, 1.82) is 0 Å². The van der Waals surface area contributed by atoms with E-state index in [2.05, 4.69) is 28.9 Å². The van der Waals surface area contributed by atoms with Gasteiger partial charge in [0, 0.05) is 17.1 Å². The molecule has 0 radical (unpaired) electrons. The summed E-state index contributed by atoms with van der Waals surface area (Å²) in [6, 6.07) is 7.61. The first kappa shape index (κ1) is 10.5. The first-order valence-electron chi connectivity index (χ1n) is 5.32. The predicted octanol–water partition coefficient (Wildman–Crippen LogP) is 2.90. The number of hydrogen-bond acceptors (Lipinski definition) is 2. The summed E-state index contributed by atoms with van der Waals surface area (Å²) >= 11 is 0. The summed E-state index contributed by atoms with van der Waals surface area (Å²) < 4.78 is 0. The van der Waals surface area contributed by atoms with E-state index < -0.39 is 0 Å². The van der Waals surface area contributed by atoms with Gasteiger partial charge >= 0.3 is 0 Å². The molecule has 0 bridgehead atoms. The maximum absolute atomic E-state index is 10.2. The molecule has 0 atom stereocenters. The first-order chi connectivity index (χ1) is 7.88. The second kappa shape index (κ2) is 5.16. The van der Waals surface area contributed by atoms with Crippen LogP contribution in [0.2, 0.25) is 0 Å². The van der Waals surface area contributed by atoms with E-state index in [1.54, 1.807) is 0 Å². The standard InChI is InChI=1S/C13H14N2O/c16-10-14-11-6-8-13(9-7-11)15-12-4-2-1-3-5-12/h2,4-10,15H,1,3H2,(H,14,16). The molecule has 0 heterocycles. The molecule has 0 saturated carbocycles. The highest BCUT2D eigenvalue weighted by atomic mass is 16.1. The molecular formula is C13H14N2O. The van der Waals surface area contributed by atoms with Crippen LogP contribution in [0.15, 0.2) is 48.2 Å². The van der Waals surface area contributed by atoms with E-state index in [-0.39, 0.29) is 0 Å². The van der Waals surface area contributed by atoms with Crippen LogP contribution >= 0.6 is 0 Å². The van der Waals surface area contributed by atoms with Crippen LogP contribution in [0.5, 0.6) is 0 Å². The predicted molar refractivity (Wildman–Crippen MR) is 66.2 cm³/mol. The number of hydrogen-bond donors (Lipinski definition) is 2. The zero-order valence-corrected chi connectivity index (χ0v) is 8.94. The summed E-state index contributed by atoms with van der Waals surface area (Å²) in [6.45, 7) is 0. The number of anilines is 2. The molecule has 16 heavy (non-hydrogen) atoms. The van der Waals surface area contributed by atoms with Gasteiger partial charge < -0.3 is 10.6 Å². The van der Waals surface area contributed by atoms with Crippen molar-refractivity contribution in [1.82, 2.24) is 0 Å². The van der Waals surface area contributed by atoms with Crippen LogP contribution < -0.4 is 10.6 Å². The Bertz CT molecular complexity index is 418. The van der Waals surface area contributed by atoms with Gasteiger partial charge in [0.15, 0.2) is 0 Å². The second-order valence-electron chi connectivity index (χ2n) is 3.60. The van der Waals surface area contributed by atoms with Gasteiger partial charge in [-0.1, -0.05) is 12.2 Å². The summed E-state index contributed by atoms with van der Waals surface area (Å²) in [5.41, 5.74) is 2.95. The third kappa shape index (κ3) is 2.73. The highest BCUT2D eigenvalue weighted by molar-refractivity contribution is 5.72. The van der Waals surface area contributed by atoms with Crippen molar-refractivity contribution >= 4 is 17.8 Å². The molecule has 3 nitrogen and oxygen atoms in total. The van der Waals surface area contributed by atoms with Crippen molar-refractivity contribution in [3.05, 3.63) is 48.2 Å². The summed E-state index contributed by atoms with van der Waals surface area (Å²) in [4.78, 5) is 10.2. The average Bonchev–Trinajstić information content (AvgIpc) is 2.33. The molecule has 0 fully saturated rings. The molecule has 3 heteroatoms. The monoisotopic (exact) mass is 214 g/mol. The van der Waals surface area contributed by atoms with E-state index in [4.69, 9.17) is 0 Å². The number of carbonyl (C=O) groups excluding carboxylic acids is 1. The maximum atomic E-state index is 10.2. The molecule has 2 rings (SSSR count). The molecule has 1 amide bonds. The number of carbonyl (C=O) groups is 1. The number of benzene rings is 1. The van der Waals surface area contributed by atoms with E-state index in [9.17, 15) is 4.79 Å².